The number of amides is 1. The highest BCUT2D eigenvalue weighted by atomic mass is 16.3. The maximum Gasteiger partial charge on any atom is 0.255 e. The van der Waals surface area contributed by atoms with Crippen LogP contribution in [0.15, 0.2) is 6.20 Å². The number of aromatic nitrogens is 4. The Morgan fingerprint density at radius 1 is 1.04 bits per heavy atom. The van der Waals surface area contributed by atoms with Crippen LogP contribution in [0.25, 0.3) is 11.5 Å². The molecule has 0 unspecified atom stereocenters. The lowest BCUT2D eigenvalue weighted by Gasteiger charge is -2.26. The average Bonchev–Trinajstić information content (AvgIpc) is 2.53. The summed E-state index contributed by atoms with van der Waals surface area (Å²) in [5.74, 6) is 0.640. The van der Waals surface area contributed by atoms with Crippen LogP contribution in [0.2, 0.25) is 0 Å². The van der Waals surface area contributed by atoms with E-state index in [4.69, 9.17) is 0 Å². The molecule has 0 saturated carbocycles. The molecule has 0 spiro atoms. The van der Waals surface area contributed by atoms with Crippen LogP contribution < -0.4 is 5.32 Å². The number of carbonyl (C=O) groups excluding carboxylic acids is 1. The number of hydrogen-bond donors (Lipinski definition) is 2. The number of aromatic hydroxyl groups is 1. The zero-order chi connectivity index (χ0) is 20.6. The Hall–Kier alpha value is -2.57. The maximum atomic E-state index is 12.5. The van der Waals surface area contributed by atoms with Crippen molar-refractivity contribution in [1.82, 2.24) is 25.3 Å². The molecule has 0 atom stereocenters. The molecule has 0 aromatic carbocycles. The smallest absolute Gasteiger partial charge is 0.255 e. The normalized spacial score (nSPS) is 12.1. The van der Waals surface area contributed by atoms with Gasteiger partial charge in [0.05, 0.1) is 17.0 Å². The average molecular weight is 371 g/mol. The monoisotopic (exact) mass is 371 g/mol. The molecule has 0 aliphatic rings. The zero-order valence-corrected chi connectivity index (χ0v) is 17.4. The van der Waals surface area contributed by atoms with Gasteiger partial charge in [0, 0.05) is 23.6 Å². The van der Waals surface area contributed by atoms with Gasteiger partial charge in [0.15, 0.2) is 11.6 Å². The van der Waals surface area contributed by atoms with Gasteiger partial charge in [-0.25, -0.2) is 19.9 Å². The van der Waals surface area contributed by atoms with E-state index < -0.39 is 10.8 Å². The summed E-state index contributed by atoms with van der Waals surface area (Å²) in [5, 5.41) is 13.6. The van der Waals surface area contributed by atoms with Crippen LogP contribution in [0.5, 0.6) is 5.75 Å². The quantitative estimate of drug-likeness (QED) is 0.858. The van der Waals surface area contributed by atoms with Crippen molar-refractivity contribution in [1.29, 1.82) is 0 Å². The SMILES string of the molecule is CCNC(=O)c1cnc(C)nc1-c1nc(C(C)(C)C)c(O)c(C(C)(C)C)n1. The van der Waals surface area contributed by atoms with Crippen molar-refractivity contribution >= 4 is 5.91 Å². The predicted molar refractivity (Wildman–Crippen MR) is 105 cm³/mol. The molecule has 2 N–H and O–H groups in total. The van der Waals surface area contributed by atoms with E-state index >= 15 is 0 Å². The fraction of sp³-hybridized carbons (Fsp3) is 0.550. The number of nitrogens with one attached hydrogen (secondary N) is 1. The summed E-state index contributed by atoms with van der Waals surface area (Å²) in [4.78, 5) is 30.3. The lowest BCUT2D eigenvalue weighted by molar-refractivity contribution is 0.0955. The lowest BCUT2D eigenvalue weighted by Crippen LogP contribution is -2.25. The molecule has 2 aromatic rings. The topological polar surface area (TPSA) is 101 Å². The van der Waals surface area contributed by atoms with Crippen molar-refractivity contribution in [3.05, 3.63) is 29.0 Å². The van der Waals surface area contributed by atoms with Crippen molar-refractivity contribution in [3.63, 3.8) is 0 Å². The molecule has 146 valence electrons. The Bertz CT molecular complexity index is 829. The first-order chi connectivity index (χ1) is 12.4. The van der Waals surface area contributed by atoms with E-state index in [2.05, 4.69) is 25.3 Å². The highest BCUT2D eigenvalue weighted by Gasteiger charge is 2.31. The second kappa shape index (κ2) is 7.21. The Morgan fingerprint density at radius 2 is 1.56 bits per heavy atom. The van der Waals surface area contributed by atoms with Gasteiger partial charge in [-0.15, -0.1) is 0 Å². The van der Waals surface area contributed by atoms with Crippen molar-refractivity contribution < 1.29 is 9.90 Å². The van der Waals surface area contributed by atoms with Crippen molar-refractivity contribution in [2.24, 2.45) is 0 Å². The molecule has 0 radical (unpaired) electrons. The highest BCUT2D eigenvalue weighted by molar-refractivity contribution is 5.98. The third-order valence-electron chi connectivity index (χ3n) is 4.01. The summed E-state index contributed by atoms with van der Waals surface area (Å²) in [7, 11) is 0. The van der Waals surface area contributed by atoms with Gasteiger partial charge in [-0.05, 0) is 13.8 Å². The van der Waals surface area contributed by atoms with Gasteiger partial charge in [-0.2, -0.15) is 0 Å². The van der Waals surface area contributed by atoms with E-state index in [0.29, 0.717) is 40.8 Å². The van der Waals surface area contributed by atoms with Crippen LogP contribution in [-0.4, -0.2) is 37.5 Å². The minimum absolute atomic E-state index is 0.0871. The number of aryl methyl sites for hydroxylation is 1. The first-order valence-electron chi connectivity index (χ1n) is 9.10. The Labute approximate surface area is 160 Å². The van der Waals surface area contributed by atoms with Crippen LogP contribution in [0, 0.1) is 6.92 Å². The molecule has 2 rings (SSSR count). The molecule has 2 heterocycles. The molecule has 27 heavy (non-hydrogen) atoms. The molecule has 7 nitrogen and oxygen atoms in total. The molecule has 0 aliphatic heterocycles. The molecule has 1 amide bonds. The Kier molecular flexibility index (Phi) is 5.54. The molecular formula is C20H29N5O2. The van der Waals surface area contributed by atoms with Crippen molar-refractivity contribution in [2.75, 3.05) is 6.54 Å². The van der Waals surface area contributed by atoms with E-state index in [0.717, 1.165) is 0 Å². The van der Waals surface area contributed by atoms with Crippen LogP contribution >= 0.6 is 0 Å². The minimum atomic E-state index is -0.407. The lowest BCUT2D eigenvalue weighted by atomic mass is 9.85. The van der Waals surface area contributed by atoms with Gasteiger partial charge >= 0.3 is 0 Å². The largest absolute Gasteiger partial charge is 0.504 e. The van der Waals surface area contributed by atoms with Gasteiger partial charge in [0.1, 0.15) is 11.5 Å². The second-order valence-corrected chi connectivity index (χ2v) is 8.63. The van der Waals surface area contributed by atoms with Crippen LogP contribution in [-0.2, 0) is 10.8 Å². The predicted octanol–water partition coefficient (Wildman–Crippen LogP) is 3.29. The van der Waals surface area contributed by atoms with Crippen LogP contribution in [0.3, 0.4) is 0 Å². The molecule has 0 saturated heterocycles. The molecular weight excluding hydrogens is 342 g/mol. The number of rotatable bonds is 3. The zero-order valence-electron chi connectivity index (χ0n) is 17.4. The van der Waals surface area contributed by atoms with E-state index in [1.54, 1.807) is 6.92 Å². The number of nitrogens with zero attached hydrogens (tertiary/aromatic N) is 4. The second-order valence-electron chi connectivity index (χ2n) is 8.63. The van der Waals surface area contributed by atoms with Gasteiger partial charge in [0.25, 0.3) is 5.91 Å². The van der Waals surface area contributed by atoms with E-state index in [9.17, 15) is 9.90 Å². The van der Waals surface area contributed by atoms with E-state index in [1.165, 1.54) is 6.20 Å². The summed E-state index contributed by atoms with van der Waals surface area (Å²) >= 11 is 0. The number of carbonyl (C=O) groups is 1. The van der Waals surface area contributed by atoms with Gasteiger partial charge in [-0.1, -0.05) is 41.5 Å². The molecule has 2 aromatic heterocycles. The standard InChI is InChI=1S/C20H29N5O2/c1-9-21-18(27)12-10-22-11(2)23-13(12)17-24-15(19(3,4)5)14(26)16(25-17)20(6,7)8/h10,26H,9H2,1-8H3,(H,21,27). The Morgan fingerprint density at radius 3 is 2.00 bits per heavy atom. The molecule has 0 bridgehead atoms. The van der Waals surface area contributed by atoms with Gasteiger partial charge in [0.2, 0.25) is 0 Å². The fourth-order valence-electron chi connectivity index (χ4n) is 2.67. The van der Waals surface area contributed by atoms with Crippen molar-refractivity contribution in [2.45, 2.75) is 66.2 Å². The summed E-state index contributed by atoms with van der Waals surface area (Å²) in [6.07, 6.45) is 1.49. The summed E-state index contributed by atoms with van der Waals surface area (Å²) in [5.41, 5.74) is 0.911. The molecule has 0 aliphatic carbocycles. The van der Waals surface area contributed by atoms with Gasteiger partial charge in [-0.3, -0.25) is 4.79 Å². The highest BCUT2D eigenvalue weighted by Crippen LogP contribution is 2.38. The van der Waals surface area contributed by atoms with Crippen LogP contribution in [0.4, 0.5) is 0 Å². The summed E-state index contributed by atoms with van der Waals surface area (Å²) in [6, 6.07) is 0. The van der Waals surface area contributed by atoms with E-state index in [-0.39, 0.29) is 11.7 Å². The summed E-state index contributed by atoms with van der Waals surface area (Å²) in [6.45, 7) is 15.9. The van der Waals surface area contributed by atoms with Gasteiger partial charge < -0.3 is 10.4 Å². The third kappa shape index (κ3) is 4.40. The maximum absolute atomic E-state index is 12.5. The first-order valence-corrected chi connectivity index (χ1v) is 9.10. The molecule has 0 fully saturated rings. The number of hydrogen-bond acceptors (Lipinski definition) is 6. The summed E-state index contributed by atoms with van der Waals surface area (Å²) < 4.78 is 0. The Balaban J connectivity index is 2.83. The molecule has 7 heteroatoms. The minimum Gasteiger partial charge on any atom is -0.504 e. The first kappa shape index (κ1) is 20.7. The van der Waals surface area contributed by atoms with E-state index in [1.807, 2.05) is 48.5 Å². The third-order valence-corrected chi connectivity index (χ3v) is 4.01. The fourth-order valence-corrected chi connectivity index (χ4v) is 2.67. The van der Waals surface area contributed by atoms with Crippen LogP contribution in [0.1, 0.15) is 76.0 Å². The van der Waals surface area contributed by atoms with Crippen molar-refractivity contribution in [3.8, 4) is 17.3 Å².